The van der Waals surface area contributed by atoms with Gasteiger partial charge in [0.25, 0.3) is 5.91 Å². The van der Waals surface area contributed by atoms with Crippen molar-refractivity contribution < 1.29 is 4.79 Å². The summed E-state index contributed by atoms with van der Waals surface area (Å²) in [6, 6.07) is 13.1. The smallest absolute Gasteiger partial charge is 0.254 e. The van der Waals surface area contributed by atoms with Crippen LogP contribution in [0.2, 0.25) is 10.0 Å². The normalized spacial score (nSPS) is 16.8. The van der Waals surface area contributed by atoms with Gasteiger partial charge in [-0.15, -0.1) is 12.4 Å². The van der Waals surface area contributed by atoms with E-state index in [2.05, 4.69) is 0 Å². The van der Waals surface area contributed by atoms with Gasteiger partial charge in [0.2, 0.25) is 0 Å². The Balaban J connectivity index is 0.00000208. The minimum absolute atomic E-state index is 0. The van der Waals surface area contributed by atoms with E-state index in [0.717, 1.165) is 30.5 Å². The average Bonchev–Trinajstić information content (AvgIpc) is 3.06. The lowest BCUT2D eigenvalue weighted by atomic mass is 10.0. The fourth-order valence-corrected chi connectivity index (χ4v) is 3.33. The fourth-order valence-electron chi connectivity index (χ4n) is 3.03. The lowest BCUT2D eigenvalue weighted by molar-refractivity contribution is 0.0735. The molecule has 1 amide bonds. The Hall–Kier alpha value is -1.26. The Morgan fingerprint density at radius 1 is 1.12 bits per heavy atom. The predicted octanol–water partition coefficient (Wildman–Crippen LogP) is 4.85. The Morgan fingerprint density at radius 3 is 2.46 bits per heavy atom. The van der Waals surface area contributed by atoms with E-state index >= 15 is 0 Å². The van der Waals surface area contributed by atoms with Gasteiger partial charge in [-0.25, -0.2) is 0 Å². The number of nitrogens with zero attached hydrogens (tertiary/aromatic N) is 1. The molecule has 1 unspecified atom stereocenters. The summed E-state index contributed by atoms with van der Waals surface area (Å²) in [5.41, 5.74) is 8.34. The highest BCUT2D eigenvalue weighted by atomic mass is 35.5. The second kappa shape index (κ2) is 8.21. The molecular formula is C18H19Cl3N2O. The molecule has 128 valence electrons. The van der Waals surface area contributed by atoms with E-state index in [1.165, 1.54) is 0 Å². The van der Waals surface area contributed by atoms with Crippen molar-refractivity contribution in [3.05, 3.63) is 69.2 Å². The number of hydrogen-bond donors (Lipinski definition) is 1. The van der Waals surface area contributed by atoms with Crippen LogP contribution >= 0.6 is 35.6 Å². The van der Waals surface area contributed by atoms with Gasteiger partial charge in [-0.05, 0) is 48.2 Å². The Kier molecular flexibility index (Phi) is 6.53. The maximum atomic E-state index is 12.8. The number of rotatable bonds is 3. The van der Waals surface area contributed by atoms with Crippen molar-refractivity contribution >= 4 is 41.5 Å². The quantitative estimate of drug-likeness (QED) is 0.821. The molecule has 1 heterocycles. The molecule has 0 bridgehead atoms. The first-order chi connectivity index (χ1) is 11.1. The molecule has 1 saturated heterocycles. The fraction of sp³-hybridized carbons (Fsp3) is 0.278. The van der Waals surface area contributed by atoms with Gasteiger partial charge in [0.05, 0.1) is 16.1 Å². The standard InChI is InChI=1S/C18H18Cl2N2O.ClH/c19-15-8-7-14(10-16(15)20)17-2-1-9-22(17)18(23)13-5-3-12(11-21)4-6-13;/h3-8,10,17H,1-2,9,11,21H2;1H. The van der Waals surface area contributed by atoms with E-state index in [9.17, 15) is 4.79 Å². The van der Waals surface area contributed by atoms with Crippen LogP contribution in [0.4, 0.5) is 0 Å². The molecule has 1 aliphatic rings. The first-order valence-corrected chi connectivity index (χ1v) is 8.40. The van der Waals surface area contributed by atoms with E-state index in [1.54, 1.807) is 6.07 Å². The van der Waals surface area contributed by atoms with Crippen molar-refractivity contribution in [2.24, 2.45) is 5.73 Å². The minimum atomic E-state index is 0. The van der Waals surface area contributed by atoms with Crippen LogP contribution in [-0.4, -0.2) is 17.4 Å². The van der Waals surface area contributed by atoms with Crippen molar-refractivity contribution in [2.45, 2.75) is 25.4 Å². The number of carbonyl (C=O) groups excluding carboxylic acids is 1. The SMILES string of the molecule is Cl.NCc1ccc(C(=O)N2CCCC2c2ccc(Cl)c(Cl)c2)cc1. The highest BCUT2D eigenvalue weighted by molar-refractivity contribution is 6.42. The van der Waals surface area contributed by atoms with E-state index in [-0.39, 0.29) is 24.4 Å². The van der Waals surface area contributed by atoms with E-state index in [4.69, 9.17) is 28.9 Å². The summed E-state index contributed by atoms with van der Waals surface area (Å²) in [4.78, 5) is 14.7. The summed E-state index contributed by atoms with van der Waals surface area (Å²) in [5, 5.41) is 1.06. The van der Waals surface area contributed by atoms with Gasteiger partial charge in [0.1, 0.15) is 0 Å². The minimum Gasteiger partial charge on any atom is -0.332 e. The predicted molar refractivity (Wildman–Crippen MR) is 101 cm³/mol. The third-order valence-electron chi connectivity index (χ3n) is 4.28. The van der Waals surface area contributed by atoms with Crippen molar-refractivity contribution in [1.29, 1.82) is 0 Å². The van der Waals surface area contributed by atoms with Crippen LogP contribution in [0.5, 0.6) is 0 Å². The van der Waals surface area contributed by atoms with Gasteiger partial charge >= 0.3 is 0 Å². The Bertz CT molecular complexity index is 719. The molecule has 1 aliphatic heterocycles. The topological polar surface area (TPSA) is 46.3 Å². The van der Waals surface area contributed by atoms with Crippen molar-refractivity contribution in [3.8, 4) is 0 Å². The van der Waals surface area contributed by atoms with Crippen LogP contribution in [0.1, 0.15) is 40.4 Å². The monoisotopic (exact) mass is 384 g/mol. The first kappa shape index (κ1) is 19.1. The Morgan fingerprint density at radius 2 is 1.83 bits per heavy atom. The molecule has 6 heteroatoms. The van der Waals surface area contributed by atoms with Crippen LogP contribution in [0.3, 0.4) is 0 Å². The number of nitrogens with two attached hydrogens (primary N) is 1. The molecule has 0 saturated carbocycles. The van der Waals surface area contributed by atoms with Gasteiger partial charge in [-0.3, -0.25) is 4.79 Å². The van der Waals surface area contributed by atoms with Gasteiger partial charge in [-0.1, -0.05) is 41.4 Å². The number of likely N-dealkylation sites (tertiary alicyclic amines) is 1. The molecule has 2 aromatic rings. The molecule has 0 aliphatic carbocycles. The first-order valence-electron chi connectivity index (χ1n) is 7.65. The average molecular weight is 386 g/mol. The van der Waals surface area contributed by atoms with E-state index in [0.29, 0.717) is 22.2 Å². The van der Waals surface area contributed by atoms with Crippen molar-refractivity contribution in [3.63, 3.8) is 0 Å². The molecule has 3 nitrogen and oxygen atoms in total. The van der Waals surface area contributed by atoms with Gasteiger partial charge in [-0.2, -0.15) is 0 Å². The molecule has 2 aromatic carbocycles. The van der Waals surface area contributed by atoms with Crippen molar-refractivity contribution in [2.75, 3.05) is 6.54 Å². The number of carbonyl (C=O) groups is 1. The molecule has 0 aromatic heterocycles. The van der Waals surface area contributed by atoms with Crippen LogP contribution < -0.4 is 5.73 Å². The summed E-state index contributed by atoms with van der Waals surface area (Å²) in [7, 11) is 0. The Labute approximate surface area is 158 Å². The van der Waals surface area contributed by atoms with E-state index < -0.39 is 0 Å². The third kappa shape index (κ3) is 3.86. The van der Waals surface area contributed by atoms with Gasteiger partial charge < -0.3 is 10.6 Å². The number of halogens is 3. The molecule has 24 heavy (non-hydrogen) atoms. The molecule has 0 radical (unpaired) electrons. The summed E-state index contributed by atoms with van der Waals surface area (Å²) in [5.74, 6) is 0.0437. The van der Waals surface area contributed by atoms with Crippen LogP contribution in [0.25, 0.3) is 0 Å². The second-order valence-corrected chi connectivity index (χ2v) is 6.55. The van der Waals surface area contributed by atoms with Crippen LogP contribution in [0.15, 0.2) is 42.5 Å². The third-order valence-corrected chi connectivity index (χ3v) is 5.02. The summed E-state index contributed by atoms with van der Waals surface area (Å²) < 4.78 is 0. The molecule has 2 N–H and O–H groups in total. The van der Waals surface area contributed by atoms with Crippen molar-refractivity contribution in [1.82, 2.24) is 4.90 Å². The zero-order chi connectivity index (χ0) is 16.4. The molecule has 0 spiro atoms. The molecule has 1 atom stereocenters. The summed E-state index contributed by atoms with van der Waals surface area (Å²) >= 11 is 12.1. The number of hydrogen-bond acceptors (Lipinski definition) is 2. The van der Waals surface area contributed by atoms with E-state index in [1.807, 2.05) is 41.3 Å². The zero-order valence-corrected chi connectivity index (χ0v) is 15.4. The maximum absolute atomic E-state index is 12.8. The maximum Gasteiger partial charge on any atom is 0.254 e. The molecule has 1 fully saturated rings. The summed E-state index contributed by atoms with van der Waals surface area (Å²) in [6.45, 7) is 1.23. The highest BCUT2D eigenvalue weighted by Gasteiger charge is 2.30. The van der Waals surface area contributed by atoms with Gasteiger partial charge in [0.15, 0.2) is 0 Å². The summed E-state index contributed by atoms with van der Waals surface area (Å²) in [6.07, 6.45) is 1.92. The lowest BCUT2D eigenvalue weighted by Gasteiger charge is -2.25. The molecular weight excluding hydrogens is 367 g/mol. The van der Waals surface area contributed by atoms with Crippen LogP contribution in [-0.2, 0) is 6.54 Å². The number of amides is 1. The zero-order valence-electron chi connectivity index (χ0n) is 13.0. The highest BCUT2D eigenvalue weighted by Crippen LogP contribution is 2.35. The van der Waals surface area contributed by atoms with Gasteiger partial charge in [0, 0.05) is 18.7 Å². The van der Waals surface area contributed by atoms with Crippen LogP contribution in [0, 0.1) is 0 Å². The number of benzene rings is 2. The lowest BCUT2D eigenvalue weighted by Crippen LogP contribution is -2.30. The largest absolute Gasteiger partial charge is 0.332 e. The molecule has 3 rings (SSSR count). The second-order valence-electron chi connectivity index (χ2n) is 5.73.